The Morgan fingerprint density at radius 3 is 2.54 bits per heavy atom. The minimum atomic E-state index is -0.247. The summed E-state index contributed by atoms with van der Waals surface area (Å²) in [5.74, 6) is 2.23. The summed E-state index contributed by atoms with van der Waals surface area (Å²) in [7, 11) is 0. The zero-order valence-corrected chi connectivity index (χ0v) is 20.6. The van der Waals surface area contributed by atoms with E-state index >= 15 is 0 Å². The Labute approximate surface area is 215 Å². The van der Waals surface area contributed by atoms with Crippen molar-refractivity contribution in [3.8, 4) is 17.2 Å². The van der Waals surface area contributed by atoms with E-state index in [2.05, 4.69) is 4.90 Å². The summed E-state index contributed by atoms with van der Waals surface area (Å²) in [6.45, 7) is 2.49. The monoisotopic (exact) mass is 517 g/mol. The summed E-state index contributed by atoms with van der Waals surface area (Å²) in [6, 6.07) is 19.2. The van der Waals surface area contributed by atoms with Crippen molar-refractivity contribution in [2.45, 2.75) is 12.3 Å². The lowest BCUT2D eigenvalue weighted by molar-refractivity contribution is 0.0806. The molecule has 1 fully saturated rings. The number of hydrogen-bond donors (Lipinski definition) is 0. The van der Waals surface area contributed by atoms with Crippen LogP contribution < -0.4 is 14.2 Å². The van der Waals surface area contributed by atoms with E-state index in [1.165, 1.54) is 12.1 Å². The molecule has 0 aliphatic carbocycles. The van der Waals surface area contributed by atoms with Gasteiger partial charge in [-0.1, -0.05) is 23.7 Å². The highest BCUT2D eigenvalue weighted by atomic mass is 35.5. The van der Waals surface area contributed by atoms with Gasteiger partial charge in [0.25, 0.3) is 0 Å². The van der Waals surface area contributed by atoms with Gasteiger partial charge in [0.15, 0.2) is 17.3 Å². The third kappa shape index (κ3) is 6.07. The molecule has 1 saturated heterocycles. The number of rotatable bonds is 7. The first-order valence-corrected chi connectivity index (χ1v) is 11.7. The number of carbonyl (C=O) groups is 1. The van der Waals surface area contributed by atoms with Gasteiger partial charge < -0.3 is 14.2 Å². The number of Topliss-reactive ketones (excluding diaryl/α,β-unsaturated/α-hetero) is 1. The molecule has 3 aromatic rings. The van der Waals surface area contributed by atoms with Crippen molar-refractivity contribution in [1.82, 2.24) is 4.90 Å². The zero-order chi connectivity index (χ0) is 23.5. The average molecular weight is 518 g/mol. The van der Waals surface area contributed by atoms with Crippen molar-refractivity contribution in [3.05, 3.63) is 88.7 Å². The number of benzene rings is 3. The Balaban J connectivity index is 0.00000289. The maximum atomic E-state index is 13.5. The number of hydrogen-bond acceptors (Lipinski definition) is 5. The molecule has 0 N–H and O–H groups in total. The predicted octanol–water partition coefficient (Wildman–Crippen LogP) is 6.00. The molecule has 184 valence electrons. The maximum Gasteiger partial charge on any atom is 0.231 e. The maximum absolute atomic E-state index is 13.5. The SMILES string of the molecule is Cl.O=C(CN1CC[C@H](c2ccc(F)cc2)[C@@H](COc2ccc3c(c2)OCO3)C1)c1ccc(Cl)cc1. The Hall–Kier alpha value is -2.80. The number of nitrogens with zero attached hydrogens (tertiary/aromatic N) is 1. The van der Waals surface area contributed by atoms with Crippen LogP contribution in [-0.2, 0) is 0 Å². The molecule has 2 heterocycles. The number of fused-ring (bicyclic) bond motifs is 1. The largest absolute Gasteiger partial charge is 0.493 e. The summed E-state index contributed by atoms with van der Waals surface area (Å²) in [5.41, 5.74) is 1.74. The lowest BCUT2D eigenvalue weighted by Crippen LogP contribution is -2.44. The summed E-state index contributed by atoms with van der Waals surface area (Å²) in [4.78, 5) is 15.0. The lowest BCUT2D eigenvalue weighted by atomic mass is 9.80. The van der Waals surface area contributed by atoms with Crippen LogP contribution in [0.2, 0.25) is 5.02 Å². The van der Waals surface area contributed by atoms with Crippen molar-refractivity contribution < 1.29 is 23.4 Å². The normalized spacial score (nSPS) is 19.1. The van der Waals surface area contributed by atoms with Crippen LogP contribution in [0.5, 0.6) is 17.2 Å². The fraction of sp³-hybridized carbons (Fsp3) is 0.296. The van der Waals surface area contributed by atoms with Crippen molar-refractivity contribution >= 4 is 29.8 Å². The van der Waals surface area contributed by atoms with Gasteiger partial charge in [-0.05, 0) is 73.0 Å². The number of piperidine rings is 1. The van der Waals surface area contributed by atoms with Gasteiger partial charge in [0.05, 0.1) is 13.2 Å². The second-order valence-corrected chi connectivity index (χ2v) is 9.13. The smallest absolute Gasteiger partial charge is 0.231 e. The Bertz CT molecular complexity index is 1160. The molecule has 0 spiro atoms. The summed E-state index contributed by atoms with van der Waals surface area (Å²) >= 11 is 5.95. The number of ketones is 1. The quantitative estimate of drug-likeness (QED) is 0.360. The molecular formula is C27H26Cl2FNO4. The molecule has 0 unspecified atom stereocenters. The summed E-state index contributed by atoms with van der Waals surface area (Å²) in [6.07, 6.45) is 0.856. The van der Waals surface area contributed by atoms with E-state index in [4.69, 9.17) is 25.8 Å². The van der Waals surface area contributed by atoms with E-state index in [0.29, 0.717) is 47.5 Å². The highest BCUT2D eigenvalue weighted by Crippen LogP contribution is 2.37. The van der Waals surface area contributed by atoms with E-state index in [1.807, 2.05) is 30.3 Å². The van der Waals surface area contributed by atoms with E-state index in [9.17, 15) is 9.18 Å². The van der Waals surface area contributed by atoms with Gasteiger partial charge in [-0.2, -0.15) is 0 Å². The van der Waals surface area contributed by atoms with Gasteiger partial charge in [-0.3, -0.25) is 9.69 Å². The first-order chi connectivity index (χ1) is 16.5. The van der Waals surface area contributed by atoms with Crippen LogP contribution in [0.15, 0.2) is 66.7 Å². The van der Waals surface area contributed by atoms with Gasteiger partial charge in [0.1, 0.15) is 11.6 Å². The van der Waals surface area contributed by atoms with E-state index < -0.39 is 0 Å². The first-order valence-electron chi connectivity index (χ1n) is 11.3. The Morgan fingerprint density at radius 1 is 1.03 bits per heavy atom. The molecule has 5 rings (SSSR count). The summed E-state index contributed by atoms with van der Waals surface area (Å²) in [5, 5.41) is 0.609. The molecule has 0 saturated carbocycles. The average Bonchev–Trinajstić information content (AvgIpc) is 3.32. The zero-order valence-electron chi connectivity index (χ0n) is 19.0. The highest BCUT2D eigenvalue weighted by molar-refractivity contribution is 6.30. The third-order valence-corrected chi connectivity index (χ3v) is 6.71. The molecule has 0 radical (unpaired) electrons. The molecule has 35 heavy (non-hydrogen) atoms. The molecule has 2 aliphatic rings. The van der Waals surface area contributed by atoms with Crippen molar-refractivity contribution in [1.29, 1.82) is 0 Å². The van der Waals surface area contributed by atoms with Crippen LogP contribution in [0.3, 0.4) is 0 Å². The topological polar surface area (TPSA) is 48.0 Å². The van der Waals surface area contributed by atoms with E-state index in [0.717, 1.165) is 18.5 Å². The molecule has 2 atom stereocenters. The fourth-order valence-electron chi connectivity index (χ4n) is 4.67. The van der Waals surface area contributed by atoms with E-state index in [1.54, 1.807) is 24.3 Å². The molecule has 8 heteroatoms. The fourth-order valence-corrected chi connectivity index (χ4v) is 4.79. The number of carbonyl (C=O) groups excluding carboxylic acids is 1. The van der Waals surface area contributed by atoms with E-state index in [-0.39, 0.29) is 42.6 Å². The standard InChI is InChI=1S/C27H25ClFNO4.ClH/c28-21-5-1-19(2-6-21)25(31)15-30-12-11-24(18-3-7-22(29)8-4-18)20(14-30)16-32-23-9-10-26-27(13-23)34-17-33-26;/h1-10,13,20,24H,11-12,14-17H2;1H/t20-,24-;/m1./s1. The summed E-state index contributed by atoms with van der Waals surface area (Å²) < 4.78 is 30.5. The molecule has 0 bridgehead atoms. The molecule has 0 aromatic heterocycles. The van der Waals surface area contributed by atoms with Crippen LogP contribution in [0.1, 0.15) is 28.3 Å². The van der Waals surface area contributed by atoms with Crippen LogP contribution >= 0.6 is 24.0 Å². The highest BCUT2D eigenvalue weighted by Gasteiger charge is 2.32. The van der Waals surface area contributed by atoms with Crippen LogP contribution in [0, 0.1) is 11.7 Å². The lowest BCUT2D eigenvalue weighted by Gasteiger charge is -2.38. The van der Waals surface area contributed by atoms with Gasteiger partial charge >= 0.3 is 0 Å². The van der Waals surface area contributed by atoms with Crippen LogP contribution in [0.4, 0.5) is 4.39 Å². The van der Waals surface area contributed by atoms with Crippen molar-refractivity contribution in [2.75, 3.05) is 33.0 Å². The minimum Gasteiger partial charge on any atom is -0.493 e. The molecular weight excluding hydrogens is 492 g/mol. The second kappa shape index (κ2) is 11.3. The van der Waals surface area contributed by atoms with Crippen molar-refractivity contribution in [2.24, 2.45) is 5.92 Å². The predicted molar refractivity (Wildman–Crippen MR) is 135 cm³/mol. The van der Waals surface area contributed by atoms with Crippen LogP contribution in [-0.4, -0.2) is 43.7 Å². The Kier molecular flexibility index (Phi) is 8.16. The molecule has 3 aromatic carbocycles. The minimum absolute atomic E-state index is 0. The van der Waals surface area contributed by atoms with Gasteiger partial charge in [-0.25, -0.2) is 4.39 Å². The molecule has 5 nitrogen and oxygen atoms in total. The molecule has 0 amide bonds. The molecule has 2 aliphatic heterocycles. The number of likely N-dealkylation sites (tertiary alicyclic amines) is 1. The van der Waals surface area contributed by atoms with Gasteiger partial charge in [-0.15, -0.1) is 12.4 Å². The van der Waals surface area contributed by atoms with Gasteiger partial charge in [0, 0.05) is 29.1 Å². The number of halogens is 3. The first kappa shape index (κ1) is 25.3. The van der Waals surface area contributed by atoms with Crippen molar-refractivity contribution in [3.63, 3.8) is 0 Å². The third-order valence-electron chi connectivity index (χ3n) is 6.46. The van der Waals surface area contributed by atoms with Gasteiger partial charge in [0.2, 0.25) is 6.79 Å². The Morgan fingerprint density at radius 2 is 1.77 bits per heavy atom. The van der Waals surface area contributed by atoms with Crippen LogP contribution in [0.25, 0.3) is 0 Å². The second-order valence-electron chi connectivity index (χ2n) is 8.70. The number of ether oxygens (including phenoxy) is 3.